The molecule has 2 aromatic rings. The second-order valence-electron chi connectivity index (χ2n) is 9.87. The molecule has 2 aromatic heterocycles. The van der Waals surface area contributed by atoms with Crippen LogP contribution in [-0.4, -0.2) is 111 Å². The van der Waals surface area contributed by atoms with Crippen molar-refractivity contribution in [1.82, 2.24) is 19.4 Å². The van der Waals surface area contributed by atoms with Gasteiger partial charge in [-0.15, -0.1) is 0 Å². The lowest BCUT2D eigenvalue weighted by Crippen LogP contribution is -2.41. The van der Waals surface area contributed by atoms with Crippen molar-refractivity contribution >= 4 is 42.1 Å². The number of amides is 1. The Morgan fingerprint density at radius 3 is 2.70 bits per heavy atom. The molecule has 2 saturated heterocycles. The van der Waals surface area contributed by atoms with Crippen molar-refractivity contribution in [2.24, 2.45) is 0 Å². The number of aliphatic hydroxyl groups is 2. The minimum Gasteiger partial charge on any atom is -0.422 e. The van der Waals surface area contributed by atoms with Crippen molar-refractivity contribution in [2.45, 2.75) is 56.3 Å². The van der Waals surface area contributed by atoms with Crippen LogP contribution in [0.25, 0.3) is 11.0 Å². The predicted molar refractivity (Wildman–Crippen MR) is 140 cm³/mol. The fourth-order valence-corrected chi connectivity index (χ4v) is 5.79. The van der Waals surface area contributed by atoms with Gasteiger partial charge < -0.3 is 48.8 Å². The predicted octanol–water partition coefficient (Wildman–Crippen LogP) is 1.66. The molecule has 5 atom stereocenters. The second-order valence-corrected chi connectivity index (χ2v) is 12.0. The zero-order chi connectivity index (χ0) is 28.3. The van der Waals surface area contributed by atoms with Gasteiger partial charge in [0.05, 0.1) is 25.2 Å². The quantitative estimate of drug-likeness (QED) is 0.174. The molecule has 4 N–H and O–H groups in total. The highest BCUT2D eigenvalue weighted by Gasteiger charge is 2.44. The molecule has 1 aliphatic carbocycles. The van der Waals surface area contributed by atoms with E-state index >= 15 is 0 Å². The maximum Gasteiger partial charge on any atom is 0.412 e. The third-order valence-corrected chi connectivity index (χ3v) is 8.28. The van der Waals surface area contributed by atoms with Crippen LogP contribution in [0.2, 0.25) is 5.28 Å². The van der Waals surface area contributed by atoms with Gasteiger partial charge in [0, 0.05) is 25.3 Å². The summed E-state index contributed by atoms with van der Waals surface area (Å²) in [5.74, 6) is 0.586. The van der Waals surface area contributed by atoms with Gasteiger partial charge in [-0.05, 0) is 30.5 Å². The Morgan fingerprint density at radius 2 is 1.95 bits per heavy atom. The van der Waals surface area contributed by atoms with E-state index in [1.54, 1.807) is 16.8 Å². The van der Waals surface area contributed by atoms with Crippen molar-refractivity contribution in [1.29, 1.82) is 0 Å². The molecule has 17 heteroatoms. The Morgan fingerprint density at radius 1 is 1.20 bits per heavy atom. The Balaban J connectivity index is 1.14. The maximum atomic E-state index is 12.3. The molecule has 40 heavy (non-hydrogen) atoms. The molecule has 15 nitrogen and oxygen atoms in total. The van der Waals surface area contributed by atoms with E-state index in [0.29, 0.717) is 43.2 Å². The number of rotatable bonds is 10. The highest BCUT2D eigenvalue weighted by molar-refractivity contribution is 7.52. The standard InChI is InChI=1S/C23H33ClN5O10P/c24-22-26-19(25-14-3-1-2-4-14)15-5-6-29(20(15)27-22)21-18(31)17(30)16(39-21)11-36-13-40(33,34)38-12-37-23(32)28-7-9-35-10-8-28/h5-6,14,16-18,21,30-31H,1-4,7-13H2,(H,33,34)(H,25,26,27)/t16-,17-,18-,21-/m1/s1. The monoisotopic (exact) mass is 605 g/mol. The number of nitrogens with one attached hydrogen (secondary N) is 1. The Kier molecular flexibility index (Phi) is 9.45. The van der Waals surface area contributed by atoms with Crippen molar-refractivity contribution < 1.29 is 47.9 Å². The van der Waals surface area contributed by atoms with E-state index in [1.165, 1.54) is 4.90 Å². The van der Waals surface area contributed by atoms with Crippen LogP contribution in [0.3, 0.4) is 0 Å². The first kappa shape index (κ1) is 29.4. The van der Waals surface area contributed by atoms with Crippen LogP contribution < -0.4 is 5.32 Å². The highest BCUT2D eigenvalue weighted by atomic mass is 35.5. The van der Waals surface area contributed by atoms with Crippen molar-refractivity contribution in [3.63, 3.8) is 0 Å². The molecule has 0 aromatic carbocycles. The third-order valence-electron chi connectivity index (χ3n) is 7.09. The Bertz CT molecular complexity index is 1220. The summed E-state index contributed by atoms with van der Waals surface area (Å²) in [5, 5.41) is 25.4. The summed E-state index contributed by atoms with van der Waals surface area (Å²) in [7, 11) is -4.29. The van der Waals surface area contributed by atoms with Gasteiger partial charge in [-0.3, -0.25) is 9.09 Å². The van der Waals surface area contributed by atoms with Gasteiger partial charge >= 0.3 is 13.7 Å². The zero-order valence-electron chi connectivity index (χ0n) is 21.6. The summed E-state index contributed by atoms with van der Waals surface area (Å²) in [6.07, 6.45) is -0.167. The molecule has 1 saturated carbocycles. The number of aliphatic hydroxyl groups excluding tert-OH is 2. The molecule has 5 rings (SSSR count). The van der Waals surface area contributed by atoms with E-state index in [2.05, 4.69) is 15.3 Å². The van der Waals surface area contributed by atoms with Gasteiger partial charge in [0.15, 0.2) is 6.23 Å². The van der Waals surface area contributed by atoms with Crippen molar-refractivity contribution in [3.8, 4) is 0 Å². The molecule has 0 spiro atoms. The van der Waals surface area contributed by atoms with Crippen LogP contribution >= 0.6 is 19.2 Å². The molecule has 4 heterocycles. The lowest BCUT2D eigenvalue weighted by atomic mass is 10.1. The number of carbonyl (C=O) groups is 1. The van der Waals surface area contributed by atoms with Gasteiger partial charge in [-0.25, -0.2) is 9.78 Å². The normalized spacial score (nSPS) is 27.2. The minimum absolute atomic E-state index is 0.0233. The number of ether oxygens (including phenoxy) is 4. The summed E-state index contributed by atoms with van der Waals surface area (Å²) in [6, 6.07) is 2.07. The van der Waals surface area contributed by atoms with Crippen LogP contribution in [0, 0.1) is 0 Å². The third kappa shape index (κ3) is 6.86. The molecule has 0 bridgehead atoms. The molecule has 0 radical (unpaired) electrons. The fourth-order valence-electron chi connectivity index (χ4n) is 5.00. The number of anilines is 1. The summed E-state index contributed by atoms with van der Waals surface area (Å²) < 4.78 is 39.8. The van der Waals surface area contributed by atoms with Gasteiger partial charge in [-0.2, -0.15) is 4.98 Å². The van der Waals surface area contributed by atoms with Gasteiger partial charge in [0.25, 0.3) is 0 Å². The molecule has 3 fully saturated rings. The maximum absolute atomic E-state index is 12.3. The van der Waals surface area contributed by atoms with Crippen LogP contribution in [-0.2, 0) is 28.0 Å². The average molecular weight is 606 g/mol. The number of hydrogen-bond donors (Lipinski definition) is 4. The smallest absolute Gasteiger partial charge is 0.412 e. The number of hydrogen-bond acceptors (Lipinski definition) is 12. The Hall–Kier alpha value is -2.07. The highest BCUT2D eigenvalue weighted by Crippen LogP contribution is 2.42. The number of nitrogens with zero attached hydrogens (tertiary/aromatic N) is 4. The molecule has 1 amide bonds. The number of halogens is 1. The molecular formula is C23H33ClN5O10P. The number of aromatic nitrogens is 3. The average Bonchev–Trinajstić information content (AvgIpc) is 3.66. The van der Waals surface area contributed by atoms with Crippen LogP contribution in [0.15, 0.2) is 12.3 Å². The van der Waals surface area contributed by atoms with Gasteiger partial charge in [-0.1, -0.05) is 12.8 Å². The van der Waals surface area contributed by atoms with E-state index in [4.69, 9.17) is 35.1 Å². The molecule has 1 unspecified atom stereocenters. The summed E-state index contributed by atoms with van der Waals surface area (Å²) in [6.45, 7) is 0.416. The topological polar surface area (TPSA) is 187 Å². The number of fused-ring (bicyclic) bond motifs is 1. The summed E-state index contributed by atoms with van der Waals surface area (Å²) in [4.78, 5) is 32.0. The zero-order valence-corrected chi connectivity index (χ0v) is 23.3. The van der Waals surface area contributed by atoms with E-state index in [1.807, 2.05) is 0 Å². The number of carbonyl (C=O) groups excluding carboxylic acids is 1. The van der Waals surface area contributed by atoms with E-state index in [0.717, 1.165) is 25.7 Å². The van der Waals surface area contributed by atoms with Crippen LogP contribution in [0.1, 0.15) is 31.9 Å². The summed E-state index contributed by atoms with van der Waals surface area (Å²) in [5.41, 5.74) is 0.415. The molecule has 3 aliphatic rings. The lowest BCUT2D eigenvalue weighted by Gasteiger charge is -2.26. The van der Waals surface area contributed by atoms with Gasteiger partial charge in [0.2, 0.25) is 12.1 Å². The second kappa shape index (κ2) is 12.8. The van der Waals surface area contributed by atoms with Crippen molar-refractivity contribution in [3.05, 3.63) is 17.5 Å². The van der Waals surface area contributed by atoms with Crippen LogP contribution in [0.4, 0.5) is 10.6 Å². The summed E-state index contributed by atoms with van der Waals surface area (Å²) >= 11 is 6.20. The molecule has 2 aliphatic heterocycles. The first-order valence-corrected chi connectivity index (χ1v) is 15.2. The Labute approximate surface area is 234 Å². The lowest BCUT2D eigenvalue weighted by molar-refractivity contribution is -0.0621. The SMILES string of the molecule is O=C(OCOP(=O)(O)COC[C@H]1O[C@@H](n2ccc3c(NC4CCCC4)nc(Cl)nc32)[C@H](O)[C@@H]1O)N1CCOCC1. The van der Waals surface area contributed by atoms with Crippen molar-refractivity contribution in [2.75, 3.05) is 51.4 Å². The fraction of sp³-hybridized carbons (Fsp3) is 0.696. The van der Waals surface area contributed by atoms with Crippen LogP contribution in [0.5, 0.6) is 0 Å². The first-order valence-electron chi connectivity index (χ1n) is 13.1. The van der Waals surface area contributed by atoms with E-state index in [-0.39, 0.29) is 17.9 Å². The number of morpholine rings is 1. The first-order chi connectivity index (χ1) is 19.2. The molecular weight excluding hydrogens is 573 g/mol. The van der Waals surface area contributed by atoms with E-state index in [9.17, 15) is 24.5 Å². The van der Waals surface area contributed by atoms with Gasteiger partial charge in [0.1, 0.15) is 36.1 Å². The minimum atomic E-state index is -4.29. The molecule has 222 valence electrons. The largest absolute Gasteiger partial charge is 0.422 e. The van der Waals surface area contributed by atoms with E-state index < -0.39 is 51.4 Å².